The van der Waals surface area contributed by atoms with E-state index in [9.17, 15) is 0 Å². The van der Waals surface area contributed by atoms with Crippen LogP contribution in [0.25, 0.3) is 0 Å². The minimum absolute atomic E-state index is 0.471. The van der Waals surface area contributed by atoms with Gasteiger partial charge in [-0.3, -0.25) is 0 Å². The summed E-state index contributed by atoms with van der Waals surface area (Å²) in [6.07, 6.45) is 7.87. The molecule has 1 saturated carbocycles. The molecule has 2 N–H and O–H groups in total. The van der Waals surface area contributed by atoms with Crippen LogP contribution in [0.4, 0.5) is 0 Å². The summed E-state index contributed by atoms with van der Waals surface area (Å²) in [5, 5.41) is 0. The Labute approximate surface area is 95.3 Å². The molecule has 0 aromatic rings. The number of hydrogen-bond acceptors (Lipinski definition) is 2. The predicted octanol–water partition coefficient (Wildman–Crippen LogP) is 2.12. The number of halogens is 1. The van der Waals surface area contributed by atoms with Gasteiger partial charge in [-0.05, 0) is 51.6 Å². The molecule has 3 heteroatoms. The lowest BCUT2D eigenvalue weighted by Gasteiger charge is -2.39. The number of alkyl halides is 1. The molecule has 82 valence electrons. The van der Waals surface area contributed by atoms with E-state index in [1.165, 1.54) is 51.6 Å². The first-order valence-electron chi connectivity index (χ1n) is 5.89. The summed E-state index contributed by atoms with van der Waals surface area (Å²) in [5.41, 5.74) is 5.91. The average molecular weight is 261 g/mol. The zero-order valence-corrected chi connectivity index (χ0v) is 10.4. The molecule has 0 aromatic heterocycles. The molecule has 2 fully saturated rings. The largest absolute Gasteiger partial charge is 0.328 e. The van der Waals surface area contributed by atoms with Gasteiger partial charge in [0.05, 0.1) is 0 Å². The highest BCUT2D eigenvalue weighted by Gasteiger charge is 2.26. The second-order valence-corrected chi connectivity index (χ2v) is 6.07. The number of hydrogen-bond donors (Lipinski definition) is 1. The molecule has 0 amide bonds. The summed E-state index contributed by atoms with van der Waals surface area (Å²) < 4.78 is 0. The molecule has 0 bridgehead atoms. The maximum atomic E-state index is 5.91. The standard InChI is InChI=1S/C11H21BrN2/c12-9-1-3-11(4-2-9)14-7-5-10(13)6-8-14/h9-11H,1-8,13H2. The molecule has 2 rings (SSSR count). The molecule has 1 aliphatic carbocycles. The molecule has 0 spiro atoms. The summed E-state index contributed by atoms with van der Waals surface area (Å²) in [4.78, 5) is 3.45. The van der Waals surface area contributed by atoms with Gasteiger partial charge in [-0.15, -0.1) is 0 Å². The lowest BCUT2D eigenvalue weighted by Crippen LogP contribution is -2.46. The fraction of sp³-hybridized carbons (Fsp3) is 1.00. The zero-order valence-electron chi connectivity index (χ0n) is 8.79. The molecule has 1 saturated heterocycles. The average Bonchev–Trinajstić information content (AvgIpc) is 2.21. The van der Waals surface area contributed by atoms with Crippen LogP contribution < -0.4 is 5.73 Å². The fourth-order valence-electron chi connectivity index (χ4n) is 2.68. The van der Waals surface area contributed by atoms with Crippen molar-refractivity contribution < 1.29 is 0 Å². The second kappa shape index (κ2) is 4.95. The summed E-state index contributed by atoms with van der Waals surface area (Å²) >= 11 is 3.71. The van der Waals surface area contributed by atoms with Crippen molar-refractivity contribution in [3.05, 3.63) is 0 Å². The van der Waals surface area contributed by atoms with Crippen LogP contribution in [0.1, 0.15) is 38.5 Å². The van der Waals surface area contributed by atoms with Gasteiger partial charge in [0, 0.05) is 16.9 Å². The molecule has 0 aromatic carbocycles. The predicted molar refractivity (Wildman–Crippen MR) is 63.8 cm³/mol. The maximum Gasteiger partial charge on any atom is 0.0147 e. The van der Waals surface area contributed by atoms with E-state index in [0.29, 0.717) is 6.04 Å². The van der Waals surface area contributed by atoms with Gasteiger partial charge in [-0.25, -0.2) is 0 Å². The SMILES string of the molecule is NC1CCN(C2CCC(Br)CC2)CC1. The third-order valence-corrected chi connectivity index (χ3v) is 4.63. The van der Waals surface area contributed by atoms with Gasteiger partial charge in [0.15, 0.2) is 0 Å². The van der Waals surface area contributed by atoms with Crippen LogP contribution in [0.5, 0.6) is 0 Å². The Morgan fingerprint density at radius 3 is 2.07 bits per heavy atom. The number of nitrogens with zero attached hydrogens (tertiary/aromatic N) is 1. The molecular weight excluding hydrogens is 240 g/mol. The number of piperidine rings is 1. The van der Waals surface area contributed by atoms with Crippen molar-refractivity contribution in [1.29, 1.82) is 0 Å². The number of likely N-dealkylation sites (tertiary alicyclic amines) is 1. The van der Waals surface area contributed by atoms with Crippen molar-refractivity contribution in [2.75, 3.05) is 13.1 Å². The molecule has 0 unspecified atom stereocenters. The Morgan fingerprint density at radius 1 is 0.929 bits per heavy atom. The van der Waals surface area contributed by atoms with E-state index in [2.05, 4.69) is 20.8 Å². The van der Waals surface area contributed by atoms with Crippen LogP contribution in [-0.2, 0) is 0 Å². The van der Waals surface area contributed by atoms with E-state index >= 15 is 0 Å². The summed E-state index contributed by atoms with van der Waals surface area (Å²) in [7, 11) is 0. The highest BCUT2D eigenvalue weighted by atomic mass is 79.9. The molecule has 1 heterocycles. The Hall–Kier alpha value is 0.400. The lowest BCUT2D eigenvalue weighted by atomic mass is 9.92. The topological polar surface area (TPSA) is 29.3 Å². The Morgan fingerprint density at radius 2 is 1.50 bits per heavy atom. The van der Waals surface area contributed by atoms with Crippen LogP contribution in [0.15, 0.2) is 0 Å². The van der Waals surface area contributed by atoms with Crippen molar-refractivity contribution >= 4 is 15.9 Å². The summed E-state index contributed by atoms with van der Waals surface area (Å²) in [6, 6.07) is 1.33. The first-order valence-corrected chi connectivity index (χ1v) is 6.81. The van der Waals surface area contributed by atoms with Gasteiger partial charge >= 0.3 is 0 Å². The molecule has 2 nitrogen and oxygen atoms in total. The van der Waals surface area contributed by atoms with Gasteiger partial charge in [0.2, 0.25) is 0 Å². The van der Waals surface area contributed by atoms with E-state index in [4.69, 9.17) is 5.73 Å². The number of nitrogens with two attached hydrogens (primary N) is 1. The normalized spacial score (nSPS) is 37.3. The monoisotopic (exact) mass is 260 g/mol. The Kier molecular flexibility index (Phi) is 3.86. The van der Waals surface area contributed by atoms with Gasteiger partial charge in [-0.1, -0.05) is 15.9 Å². The van der Waals surface area contributed by atoms with Crippen molar-refractivity contribution in [1.82, 2.24) is 4.90 Å². The Balaban J connectivity index is 1.78. The van der Waals surface area contributed by atoms with Crippen LogP contribution in [0, 0.1) is 0 Å². The van der Waals surface area contributed by atoms with Crippen LogP contribution >= 0.6 is 15.9 Å². The van der Waals surface area contributed by atoms with E-state index < -0.39 is 0 Å². The Bertz CT molecular complexity index is 150. The second-order valence-electron chi connectivity index (χ2n) is 4.78. The zero-order chi connectivity index (χ0) is 9.97. The van der Waals surface area contributed by atoms with Crippen molar-refractivity contribution in [2.24, 2.45) is 5.73 Å². The number of rotatable bonds is 1. The molecule has 0 atom stereocenters. The first kappa shape index (κ1) is 10.9. The third-order valence-electron chi connectivity index (χ3n) is 3.72. The third kappa shape index (κ3) is 2.71. The molecule has 2 aliphatic rings. The lowest BCUT2D eigenvalue weighted by molar-refractivity contribution is 0.124. The maximum absolute atomic E-state index is 5.91. The van der Waals surface area contributed by atoms with Crippen LogP contribution in [0.3, 0.4) is 0 Å². The highest BCUT2D eigenvalue weighted by Crippen LogP contribution is 2.28. The van der Waals surface area contributed by atoms with E-state index in [1.54, 1.807) is 0 Å². The van der Waals surface area contributed by atoms with Gasteiger partial charge in [0.25, 0.3) is 0 Å². The van der Waals surface area contributed by atoms with Gasteiger partial charge < -0.3 is 10.6 Å². The van der Waals surface area contributed by atoms with E-state index in [-0.39, 0.29) is 0 Å². The van der Waals surface area contributed by atoms with Gasteiger partial charge in [-0.2, -0.15) is 0 Å². The van der Waals surface area contributed by atoms with Crippen molar-refractivity contribution in [3.8, 4) is 0 Å². The summed E-state index contributed by atoms with van der Waals surface area (Å²) in [5.74, 6) is 0. The highest BCUT2D eigenvalue weighted by molar-refractivity contribution is 9.09. The molecular formula is C11H21BrN2. The van der Waals surface area contributed by atoms with Crippen molar-refractivity contribution in [3.63, 3.8) is 0 Å². The minimum Gasteiger partial charge on any atom is -0.328 e. The first-order chi connectivity index (χ1) is 6.75. The quantitative estimate of drug-likeness (QED) is 0.732. The fourth-order valence-corrected chi connectivity index (χ4v) is 3.21. The molecule has 14 heavy (non-hydrogen) atoms. The van der Waals surface area contributed by atoms with E-state index in [1.807, 2.05) is 0 Å². The smallest absolute Gasteiger partial charge is 0.0147 e. The van der Waals surface area contributed by atoms with Crippen LogP contribution in [0.2, 0.25) is 0 Å². The van der Waals surface area contributed by atoms with Crippen molar-refractivity contribution in [2.45, 2.75) is 55.4 Å². The molecule has 0 radical (unpaired) electrons. The molecule has 1 aliphatic heterocycles. The van der Waals surface area contributed by atoms with Crippen LogP contribution in [-0.4, -0.2) is 34.9 Å². The minimum atomic E-state index is 0.471. The van der Waals surface area contributed by atoms with E-state index in [0.717, 1.165) is 10.9 Å². The summed E-state index contributed by atoms with van der Waals surface area (Å²) in [6.45, 7) is 2.47. The van der Waals surface area contributed by atoms with Gasteiger partial charge in [0.1, 0.15) is 0 Å².